The third-order valence-electron chi connectivity index (χ3n) is 2.60. The van der Waals surface area contributed by atoms with Crippen molar-refractivity contribution in [2.75, 3.05) is 0 Å². The summed E-state index contributed by atoms with van der Waals surface area (Å²) in [5.41, 5.74) is -0.476. The van der Waals surface area contributed by atoms with Gasteiger partial charge in [0, 0.05) is 6.42 Å². The molecular formula is C12H14F3NO. The highest BCUT2D eigenvalue weighted by Crippen LogP contribution is 2.36. The van der Waals surface area contributed by atoms with Crippen LogP contribution in [-0.4, -0.2) is 16.9 Å². The van der Waals surface area contributed by atoms with Gasteiger partial charge in [-0.15, -0.1) is 6.58 Å². The van der Waals surface area contributed by atoms with Crippen LogP contribution >= 0.6 is 0 Å². The van der Waals surface area contributed by atoms with Gasteiger partial charge >= 0.3 is 6.18 Å². The van der Waals surface area contributed by atoms with Crippen LogP contribution < -0.4 is 5.48 Å². The number of alkyl halides is 3. The lowest BCUT2D eigenvalue weighted by Gasteiger charge is -2.33. The molecule has 0 radical (unpaired) electrons. The van der Waals surface area contributed by atoms with Crippen LogP contribution in [0.4, 0.5) is 13.2 Å². The Balaban J connectivity index is 3.02. The van der Waals surface area contributed by atoms with Gasteiger partial charge in [-0.2, -0.15) is 18.7 Å². The average molecular weight is 245 g/mol. The first-order valence-corrected chi connectivity index (χ1v) is 5.08. The van der Waals surface area contributed by atoms with E-state index in [-0.39, 0.29) is 6.42 Å². The number of hydrogen-bond acceptors (Lipinski definition) is 2. The van der Waals surface area contributed by atoms with Crippen molar-refractivity contribution in [3.8, 4) is 0 Å². The van der Waals surface area contributed by atoms with Crippen molar-refractivity contribution in [3.63, 3.8) is 0 Å². The molecule has 94 valence electrons. The second-order valence-corrected chi connectivity index (χ2v) is 3.85. The molecule has 1 aromatic rings. The van der Waals surface area contributed by atoms with E-state index in [1.165, 1.54) is 5.48 Å². The molecule has 2 nitrogen and oxygen atoms in total. The lowest BCUT2D eigenvalue weighted by atomic mass is 9.87. The van der Waals surface area contributed by atoms with Crippen molar-refractivity contribution in [3.05, 3.63) is 48.6 Å². The number of rotatable bonds is 5. The first-order chi connectivity index (χ1) is 7.95. The van der Waals surface area contributed by atoms with E-state index in [4.69, 9.17) is 5.21 Å². The normalized spacial score (nSPS) is 15.3. The Morgan fingerprint density at radius 1 is 1.24 bits per heavy atom. The van der Waals surface area contributed by atoms with Crippen molar-refractivity contribution in [2.45, 2.75) is 24.6 Å². The van der Waals surface area contributed by atoms with Gasteiger partial charge in [0.05, 0.1) is 0 Å². The Bertz CT molecular complexity index is 364. The Hall–Kier alpha value is -1.33. The molecule has 0 amide bonds. The highest BCUT2D eigenvalue weighted by Gasteiger charge is 2.53. The molecule has 0 saturated carbocycles. The van der Waals surface area contributed by atoms with E-state index in [0.717, 1.165) is 6.08 Å². The molecule has 17 heavy (non-hydrogen) atoms. The van der Waals surface area contributed by atoms with Gasteiger partial charge in [-0.25, -0.2) is 0 Å². The summed E-state index contributed by atoms with van der Waals surface area (Å²) in [6.45, 7) is 3.30. The largest absolute Gasteiger partial charge is 0.409 e. The van der Waals surface area contributed by atoms with Crippen molar-refractivity contribution >= 4 is 0 Å². The summed E-state index contributed by atoms with van der Waals surface area (Å²) in [5, 5.41) is 8.89. The molecule has 1 unspecified atom stereocenters. The second kappa shape index (κ2) is 5.33. The smallest absolute Gasteiger partial charge is 0.316 e. The molecule has 0 heterocycles. The van der Waals surface area contributed by atoms with Crippen LogP contribution in [0.15, 0.2) is 43.0 Å². The maximum Gasteiger partial charge on any atom is 0.409 e. The van der Waals surface area contributed by atoms with E-state index in [2.05, 4.69) is 6.58 Å². The average Bonchev–Trinajstić information content (AvgIpc) is 2.28. The van der Waals surface area contributed by atoms with Crippen LogP contribution in [0.3, 0.4) is 0 Å². The predicted octanol–water partition coefficient (Wildman–Crippen LogP) is 3.09. The molecule has 5 heteroatoms. The Labute approximate surface area is 97.7 Å². The van der Waals surface area contributed by atoms with Gasteiger partial charge in [-0.1, -0.05) is 36.4 Å². The molecule has 0 aromatic heterocycles. The van der Waals surface area contributed by atoms with E-state index in [0.29, 0.717) is 5.56 Å². The van der Waals surface area contributed by atoms with E-state index >= 15 is 0 Å². The first kappa shape index (κ1) is 13.7. The zero-order valence-corrected chi connectivity index (χ0v) is 9.17. The molecule has 0 bridgehead atoms. The van der Waals surface area contributed by atoms with Crippen molar-refractivity contribution in [2.24, 2.45) is 0 Å². The van der Waals surface area contributed by atoms with Crippen LogP contribution in [0.25, 0.3) is 0 Å². The summed E-state index contributed by atoms with van der Waals surface area (Å²) in [4.78, 5) is 0. The number of hydroxylamine groups is 1. The quantitative estimate of drug-likeness (QED) is 0.617. The first-order valence-electron chi connectivity index (χ1n) is 5.08. The van der Waals surface area contributed by atoms with Gasteiger partial charge in [0.1, 0.15) is 5.54 Å². The minimum absolute atomic E-state index is 0.347. The number of nitrogens with one attached hydrogen (secondary N) is 1. The zero-order chi connectivity index (χ0) is 12.9. The highest BCUT2D eigenvalue weighted by molar-refractivity contribution is 5.19. The monoisotopic (exact) mass is 245 g/mol. The number of halogens is 3. The van der Waals surface area contributed by atoms with Gasteiger partial charge in [-0.05, 0) is 12.0 Å². The Kier molecular flexibility index (Phi) is 4.31. The van der Waals surface area contributed by atoms with Gasteiger partial charge in [0.2, 0.25) is 0 Å². The predicted molar refractivity (Wildman–Crippen MR) is 58.7 cm³/mol. The van der Waals surface area contributed by atoms with Crippen LogP contribution in [0.2, 0.25) is 0 Å². The third kappa shape index (κ3) is 3.08. The zero-order valence-electron chi connectivity index (χ0n) is 9.17. The van der Waals surface area contributed by atoms with E-state index in [1.807, 2.05) is 0 Å². The highest BCUT2D eigenvalue weighted by atomic mass is 19.4. The molecule has 0 fully saturated rings. The lowest BCUT2D eigenvalue weighted by Crippen LogP contribution is -2.57. The molecule has 0 aliphatic heterocycles. The summed E-state index contributed by atoms with van der Waals surface area (Å²) < 4.78 is 38.9. The topological polar surface area (TPSA) is 32.3 Å². The standard InChI is InChI=1S/C12H14F3NO/c1-2-8-11(16-17,12(13,14)15)9-10-6-4-3-5-7-10/h2-7,16-17H,1,8-9H2. The van der Waals surface area contributed by atoms with Crippen LogP contribution in [0, 0.1) is 0 Å². The van der Waals surface area contributed by atoms with Crippen LogP contribution in [0.5, 0.6) is 0 Å². The fourth-order valence-corrected chi connectivity index (χ4v) is 1.63. The molecule has 0 aliphatic rings. The minimum atomic E-state index is -4.56. The lowest BCUT2D eigenvalue weighted by molar-refractivity contribution is -0.220. The fraction of sp³-hybridized carbons (Fsp3) is 0.333. The number of benzene rings is 1. The molecule has 2 N–H and O–H groups in total. The van der Waals surface area contributed by atoms with E-state index < -0.39 is 18.1 Å². The van der Waals surface area contributed by atoms with Crippen molar-refractivity contribution < 1.29 is 18.4 Å². The summed E-state index contributed by atoms with van der Waals surface area (Å²) >= 11 is 0. The molecule has 1 aromatic carbocycles. The van der Waals surface area contributed by atoms with Crippen molar-refractivity contribution in [1.29, 1.82) is 0 Å². The van der Waals surface area contributed by atoms with Gasteiger partial charge < -0.3 is 5.21 Å². The van der Waals surface area contributed by atoms with E-state index in [9.17, 15) is 13.2 Å². The molecule has 1 rings (SSSR count). The summed E-state index contributed by atoms with van der Waals surface area (Å²) in [7, 11) is 0. The SMILES string of the molecule is C=CCC(Cc1ccccc1)(NO)C(F)(F)F. The summed E-state index contributed by atoms with van der Waals surface area (Å²) in [5.74, 6) is 0. The van der Waals surface area contributed by atoms with Crippen molar-refractivity contribution in [1.82, 2.24) is 5.48 Å². The third-order valence-corrected chi connectivity index (χ3v) is 2.60. The fourth-order valence-electron chi connectivity index (χ4n) is 1.63. The second-order valence-electron chi connectivity index (χ2n) is 3.85. The molecule has 1 atom stereocenters. The molecule has 0 spiro atoms. The maximum atomic E-state index is 13.0. The summed E-state index contributed by atoms with van der Waals surface area (Å²) in [6.07, 6.45) is -4.17. The van der Waals surface area contributed by atoms with Crippen LogP contribution in [-0.2, 0) is 6.42 Å². The maximum absolute atomic E-state index is 13.0. The van der Waals surface area contributed by atoms with Gasteiger partial charge in [-0.3, -0.25) is 0 Å². The summed E-state index contributed by atoms with van der Waals surface area (Å²) in [6, 6.07) is 8.20. The van der Waals surface area contributed by atoms with Gasteiger partial charge in [0.15, 0.2) is 0 Å². The Morgan fingerprint density at radius 3 is 2.24 bits per heavy atom. The minimum Gasteiger partial charge on any atom is -0.316 e. The van der Waals surface area contributed by atoms with Gasteiger partial charge in [0.25, 0.3) is 0 Å². The molecular weight excluding hydrogens is 231 g/mol. The Morgan fingerprint density at radius 2 is 1.82 bits per heavy atom. The van der Waals surface area contributed by atoms with E-state index in [1.54, 1.807) is 30.3 Å². The molecule has 0 saturated heterocycles. The number of hydrogen-bond donors (Lipinski definition) is 2. The van der Waals surface area contributed by atoms with Crippen LogP contribution in [0.1, 0.15) is 12.0 Å². The molecule has 0 aliphatic carbocycles.